The van der Waals surface area contributed by atoms with Crippen LogP contribution in [0.15, 0.2) is 97.1 Å². The van der Waals surface area contributed by atoms with Crippen molar-refractivity contribution in [3.05, 3.63) is 120 Å². The molecule has 34 heavy (non-hydrogen) atoms. The van der Waals surface area contributed by atoms with Gasteiger partial charge in [0.2, 0.25) is 0 Å². The third kappa shape index (κ3) is 5.53. The molecule has 3 nitrogen and oxygen atoms in total. The zero-order chi connectivity index (χ0) is 23.2. The van der Waals surface area contributed by atoms with Crippen LogP contribution in [0.2, 0.25) is 0 Å². The molecule has 0 aliphatic carbocycles. The molecule has 0 saturated carbocycles. The summed E-state index contributed by atoms with van der Waals surface area (Å²) in [6, 6.07) is 31.9. The Labute approximate surface area is 200 Å². The first-order chi connectivity index (χ1) is 16.8. The van der Waals surface area contributed by atoms with Gasteiger partial charge in [0.1, 0.15) is 5.82 Å². The molecular formula is C30H30FNO2. The van der Waals surface area contributed by atoms with E-state index >= 15 is 0 Å². The van der Waals surface area contributed by atoms with E-state index < -0.39 is 6.29 Å². The van der Waals surface area contributed by atoms with Gasteiger partial charge in [-0.3, -0.25) is 0 Å². The van der Waals surface area contributed by atoms with E-state index in [1.165, 1.54) is 23.1 Å². The Bertz CT molecular complexity index is 1200. The van der Waals surface area contributed by atoms with E-state index in [0.29, 0.717) is 6.61 Å². The van der Waals surface area contributed by atoms with Crippen molar-refractivity contribution < 1.29 is 13.9 Å². The van der Waals surface area contributed by atoms with Gasteiger partial charge in [0, 0.05) is 18.0 Å². The zero-order valence-corrected chi connectivity index (χ0v) is 19.2. The van der Waals surface area contributed by atoms with Crippen LogP contribution in [0, 0.1) is 5.82 Å². The molecule has 1 aliphatic rings. The average molecular weight is 456 g/mol. The van der Waals surface area contributed by atoms with E-state index in [4.69, 9.17) is 9.47 Å². The molecule has 3 unspecified atom stereocenters. The average Bonchev–Trinajstić information content (AvgIpc) is 2.89. The minimum atomic E-state index is -0.485. The number of fused-ring (bicyclic) bond motifs is 1. The first kappa shape index (κ1) is 22.7. The summed E-state index contributed by atoms with van der Waals surface area (Å²) in [6.45, 7) is 2.20. The highest BCUT2D eigenvalue weighted by molar-refractivity contribution is 5.83. The van der Waals surface area contributed by atoms with Gasteiger partial charge < -0.3 is 14.8 Å². The zero-order valence-electron chi connectivity index (χ0n) is 19.2. The summed E-state index contributed by atoms with van der Waals surface area (Å²) in [6.07, 6.45) is 1.19. The summed E-state index contributed by atoms with van der Waals surface area (Å²) in [5.74, 6) is -0.0315. The number of halogens is 1. The summed E-state index contributed by atoms with van der Waals surface area (Å²) in [5.41, 5.74) is 3.35. The Kier molecular flexibility index (Phi) is 7.30. The maximum absolute atomic E-state index is 13.5. The molecule has 1 aliphatic heterocycles. The lowest BCUT2D eigenvalue weighted by molar-refractivity contribution is -0.182. The lowest BCUT2D eigenvalue weighted by atomic mass is 9.87. The maximum Gasteiger partial charge on any atom is 0.184 e. The molecule has 1 fully saturated rings. The third-order valence-corrected chi connectivity index (χ3v) is 6.57. The fourth-order valence-corrected chi connectivity index (χ4v) is 4.72. The first-order valence-electron chi connectivity index (χ1n) is 12.0. The number of hydrogen-bond donors (Lipinski definition) is 1. The summed E-state index contributed by atoms with van der Waals surface area (Å²) >= 11 is 0. The van der Waals surface area contributed by atoms with Crippen molar-refractivity contribution in [3.63, 3.8) is 0 Å². The largest absolute Gasteiger partial charge is 0.348 e. The van der Waals surface area contributed by atoms with Crippen LogP contribution >= 0.6 is 0 Å². The second kappa shape index (κ2) is 10.9. The van der Waals surface area contributed by atoms with Gasteiger partial charge in [0.05, 0.1) is 12.7 Å². The Morgan fingerprint density at radius 3 is 2.44 bits per heavy atom. The van der Waals surface area contributed by atoms with Crippen molar-refractivity contribution in [1.29, 1.82) is 0 Å². The van der Waals surface area contributed by atoms with E-state index in [1.54, 1.807) is 0 Å². The fourth-order valence-electron chi connectivity index (χ4n) is 4.72. The molecule has 4 aromatic rings. The molecule has 4 heteroatoms. The van der Waals surface area contributed by atoms with Crippen molar-refractivity contribution in [3.8, 4) is 0 Å². The standard InChI is InChI=1S/C30H30FNO2/c31-27-14-12-24(13-15-27)28-16-18-32-21-29(28)34-30(33-19-17-22-6-2-1-3-7-22)26-11-10-23-8-4-5-9-25(23)20-26/h1-15,20,28-30,32H,16-19,21H2. The predicted octanol–water partition coefficient (Wildman–Crippen LogP) is 6.40. The van der Waals surface area contributed by atoms with Crippen LogP contribution < -0.4 is 5.32 Å². The topological polar surface area (TPSA) is 30.5 Å². The van der Waals surface area contributed by atoms with E-state index in [2.05, 4.69) is 47.8 Å². The van der Waals surface area contributed by atoms with Crippen LogP contribution in [0.3, 0.4) is 0 Å². The van der Waals surface area contributed by atoms with Crippen LogP contribution in [0.1, 0.15) is 35.3 Å². The maximum atomic E-state index is 13.5. The number of rotatable bonds is 8. The number of ether oxygens (including phenoxy) is 2. The number of nitrogens with one attached hydrogen (secondary N) is 1. The van der Waals surface area contributed by atoms with E-state index in [9.17, 15) is 4.39 Å². The van der Waals surface area contributed by atoms with Gasteiger partial charge >= 0.3 is 0 Å². The van der Waals surface area contributed by atoms with Gasteiger partial charge in [-0.2, -0.15) is 0 Å². The van der Waals surface area contributed by atoms with Gasteiger partial charge in [0.15, 0.2) is 6.29 Å². The summed E-state index contributed by atoms with van der Waals surface area (Å²) in [4.78, 5) is 0. The second-order valence-corrected chi connectivity index (χ2v) is 8.87. The lowest BCUT2D eigenvalue weighted by Gasteiger charge is -2.35. The quantitative estimate of drug-likeness (QED) is 0.312. The molecule has 0 bridgehead atoms. The molecule has 0 radical (unpaired) electrons. The van der Waals surface area contributed by atoms with Crippen LogP contribution in [-0.4, -0.2) is 25.8 Å². The van der Waals surface area contributed by atoms with E-state index in [1.807, 2.05) is 42.5 Å². The van der Waals surface area contributed by atoms with Crippen molar-refractivity contribution in [2.75, 3.05) is 19.7 Å². The van der Waals surface area contributed by atoms with Crippen LogP contribution in [0.25, 0.3) is 10.8 Å². The normalized spacial score (nSPS) is 19.2. The van der Waals surface area contributed by atoms with Gasteiger partial charge in [-0.1, -0.05) is 78.9 Å². The summed E-state index contributed by atoms with van der Waals surface area (Å²) in [7, 11) is 0. The van der Waals surface area contributed by atoms with Gasteiger partial charge in [-0.15, -0.1) is 0 Å². The molecule has 1 heterocycles. The number of benzene rings is 4. The van der Waals surface area contributed by atoms with E-state index in [-0.39, 0.29) is 17.8 Å². The molecular weight excluding hydrogens is 425 g/mol. The molecule has 174 valence electrons. The Balaban J connectivity index is 1.38. The van der Waals surface area contributed by atoms with Gasteiger partial charge in [0.25, 0.3) is 0 Å². The minimum Gasteiger partial charge on any atom is -0.348 e. The van der Waals surface area contributed by atoms with Crippen LogP contribution in [0.5, 0.6) is 0 Å². The molecule has 1 N–H and O–H groups in total. The molecule has 4 aromatic carbocycles. The molecule has 0 spiro atoms. The van der Waals surface area contributed by atoms with Gasteiger partial charge in [-0.05, 0) is 59.5 Å². The molecule has 5 rings (SSSR count). The van der Waals surface area contributed by atoms with E-state index in [0.717, 1.165) is 42.4 Å². The minimum absolute atomic E-state index is 0.0765. The highest BCUT2D eigenvalue weighted by Crippen LogP contribution is 2.33. The highest BCUT2D eigenvalue weighted by atomic mass is 19.1. The third-order valence-electron chi connectivity index (χ3n) is 6.57. The van der Waals surface area contributed by atoms with Crippen molar-refractivity contribution in [2.24, 2.45) is 0 Å². The van der Waals surface area contributed by atoms with Crippen LogP contribution in [-0.2, 0) is 15.9 Å². The monoisotopic (exact) mass is 455 g/mol. The van der Waals surface area contributed by atoms with Gasteiger partial charge in [-0.25, -0.2) is 4.39 Å². The lowest BCUT2D eigenvalue weighted by Crippen LogP contribution is -2.42. The van der Waals surface area contributed by atoms with Crippen LogP contribution in [0.4, 0.5) is 4.39 Å². The summed E-state index contributed by atoms with van der Waals surface area (Å²) < 4.78 is 26.6. The summed E-state index contributed by atoms with van der Waals surface area (Å²) in [5, 5.41) is 5.82. The van der Waals surface area contributed by atoms with Crippen molar-refractivity contribution in [2.45, 2.75) is 31.2 Å². The van der Waals surface area contributed by atoms with Crippen molar-refractivity contribution >= 4 is 10.8 Å². The Morgan fingerprint density at radius 1 is 0.853 bits per heavy atom. The fraction of sp³-hybridized carbons (Fsp3) is 0.267. The molecule has 0 amide bonds. The molecule has 3 atom stereocenters. The molecule has 0 aromatic heterocycles. The smallest absolute Gasteiger partial charge is 0.184 e. The Hall–Kier alpha value is -3.05. The predicted molar refractivity (Wildman–Crippen MR) is 134 cm³/mol. The number of piperidine rings is 1. The Morgan fingerprint density at radius 2 is 1.62 bits per heavy atom. The first-order valence-corrected chi connectivity index (χ1v) is 12.0. The SMILES string of the molecule is Fc1ccc(C2CCNCC2OC(OCCc2ccccc2)c2ccc3ccccc3c2)cc1. The second-order valence-electron chi connectivity index (χ2n) is 8.87. The number of hydrogen-bond acceptors (Lipinski definition) is 3. The molecule has 1 saturated heterocycles. The van der Waals surface area contributed by atoms with Crippen molar-refractivity contribution in [1.82, 2.24) is 5.32 Å². The highest BCUT2D eigenvalue weighted by Gasteiger charge is 2.30.